The molecular weight excluding hydrogens is 663 g/mol. The third-order valence-corrected chi connectivity index (χ3v) is 3.78. The molecule has 18 nitrogen and oxygen atoms in total. The Morgan fingerprint density at radius 3 is 0.951 bits per heavy atom. The fourth-order valence-corrected chi connectivity index (χ4v) is 2.69. The number of hydrogen-bond donors (Lipinski definition) is 0. The van der Waals surface area contributed by atoms with Crippen LogP contribution < -0.4 is 59.4 Å². The van der Waals surface area contributed by atoms with Crippen LogP contribution in [0.3, 0.4) is 0 Å². The van der Waals surface area contributed by atoms with E-state index < -0.39 is 31.7 Å². The van der Waals surface area contributed by atoms with Crippen LogP contribution in [0.25, 0.3) is 21.9 Å². The normalized spacial score (nSPS) is 10.2. The minimum atomic E-state index is -4.94. The minimum absolute atomic E-state index is 0. The van der Waals surface area contributed by atoms with Crippen LogP contribution in [0.4, 0.5) is 0 Å². The first-order valence-corrected chi connectivity index (χ1v) is 12.0. The van der Waals surface area contributed by atoms with Gasteiger partial charge in [-0.15, -0.1) is 20.5 Å². The van der Waals surface area contributed by atoms with Crippen LogP contribution in [0.15, 0.2) is 61.1 Å². The predicted octanol–water partition coefficient (Wildman–Crippen LogP) is -8.63. The van der Waals surface area contributed by atoms with Gasteiger partial charge in [0, 0.05) is 24.3 Å². The van der Waals surface area contributed by atoms with Crippen LogP contribution in [0, 0.1) is 48.2 Å². The van der Waals surface area contributed by atoms with Gasteiger partial charge in [0.15, 0.2) is 21.6 Å². The van der Waals surface area contributed by atoms with Crippen molar-refractivity contribution < 1.29 is 103 Å². The summed E-state index contributed by atoms with van der Waals surface area (Å²) in [6.07, 6.45) is 0. The van der Waals surface area contributed by atoms with Gasteiger partial charge in [-0.1, -0.05) is 0 Å². The maximum absolute atomic E-state index is 11.4. The van der Waals surface area contributed by atoms with Gasteiger partial charge in [0.1, 0.15) is 34.2 Å². The van der Waals surface area contributed by atoms with Gasteiger partial charge in [-0.2, -0.15) is 0 Å². The molecule has 0 aliphatic heterocycles. The first kappa shape index (κ1) is 42.5. The molecule has 0 spiro atoms. The largest absolute Gasteiger partial charge is 2.00 e. The number of aryl methyl sites for hydroxylation is 4. The topological polar surface area (TPSA) is 371 Å². The van der Waals surface area contributed by atoms with E-state index in [9.17, 15) is 19.2 Å². The summed E-state index contributed by atoms with van der Waals surface area (Å²) in [5.74, 6) is 1.81. The summed E-state index contributed by atoms with van der Waals surface area (Å²) < 4.78 is 88.0. The van der Waals surface area contributed by atoms with Crippen LogP contribution >= 0.6 is 0 Å². The van der Waals surface area contributed by atoms with Crippen molar-refractivity contribution in [1.82, 2.24) is 0 Å². The molecular formula is C20H22Cl2CuO18+2. The van der Waals surface area contributed by atoms with E-state index in [0.29, 0.717) is 23.0 Å². The van der Waals surface area contributed by atoms with E-state index in [1.54, 1.807) is 27.7 Å². The summed E-state index contributed by atoms with van der Waals surface area (Å²) in [6, 6.07) is 5.61. The zero-order valence-electron chi connectivity index (χ0n) is 21.1. The molecule has 0 unspecified atom stereocenters. The zero-order chi connectivity index (χ0) is 29.6. The van der Waals surface area contributed by atoms with Gasteiger partial charge in [0.25, 0.3) is 0 Å². The Hall–Kier alpha value is -2.98. The van der Waals surface area contributed by atoms with Crippen molar-refractivity contribution in [3.63, 3.8) is 0 Å². The second-order valence-corrected chi connectivity index (χ2v) is 8.48. The molecule has 4 aromatic heterocycles. The molecule has 0 saturated heterocycles. The maximum Gasteiger partial charge on any atom is 2.00 e. The molecule has 0 atom stereocenters. The quantitative estimate of drug-likeness (QED) is 0.122. The first-order chi connectivity index (χ1) is 17.2. The van der Waals surface area contributed by atoms with Crippen LogP contribution in [0.2, 0.25) is 0 Å². The predicted molar refractivity (Wildman–Crippen MR) is 111 cm³/mol. The first-order valence-electron chi connectivity index (χ1n) is 9.49. The van der Waals surface area contributed by atoms with Crippen molar-refractivity contribution in [3.8, 4) is 0 Å². The Balaban J connectivity index is -0.000000507. The summed E-state index contributed by atoms with van der Waals surface area (Å²) in [7, 11) is -9.89. The molecule has 0 bridgehead atoms. The summed E-state index contributed by atoms with van der Waals surface area (Å²) in [5.41, 5.74) is -1.45. The van der Waals surface area contributed by atoms with Gasteiger partial charge >= 0.3 is 28.3 Å². The van der Waals surface area contributed by atoms with Gasteiger partial charge in [-0.05, 0) is 27.7 Å². The Morgan fingerprint density at radius 2 is 0.707 bits per heavy atom. The third-order valence-electron chi connectivity index (χ3n) is 3.78. The monoisotopic (exact) mass is 683 g/mol. The van der Waals surface area contributed by atoms with Gasteiger partial charge in [-0.25, -0.2) is 46.9 Å². The molecule has 233 valence electrons. The van der Waals surface area contributed by atoms with Crippen molar-refractivity contribution >= 4 is 21.9 Å². The van der Waals surface area contributed by atoms with Gasteiger partial charge in [0.05, 0.1) is 0 Å². The Kier molecular flexibility index (Phi) is 17.7. The van der Waals surface area contributed by atoms with Gasteiger partial charge < -0.3 is 28.6 Å². The van der Waals surface area contributed by atoms with Crippen molar-refractivity contribution in [1.29, 1.82) is 0 Å². The van der Waals surface area contributed by atoms with Crippen LogP contribution in [-0.4, -0.2) is 0 Å². The molecule has 21 heteroatoms. The van der Waals surface area contributed by atoms with Crippen molar-refractivity contribution in [3.05, 3.63) is 88.6 Å². The van der Waals surface area contributed by atoms with Crippen LogP contribution in [-0.2, 0) is 28.0 Å². The molecule has 41 heavy (non-hydrogen) atoms. The molecule has 1 radical (unpaired) electrons. The summed E-state index contributed by atoms with van der Waals surface area (Å²) in [5, 5.41) is -0.0533. The van der Waals surface area contributed by atoms with Crippen molar-refractivity contribution in [2.45, 2.75) is 27.7 Å². The number of rotatable bonds is 0. The molecule has 0 aromatic carbocycles. The summed E-state index contributed by atoms with van der Waals surface area (Å²) in [6.45, 7) is 6.57. The van der Waals surface area contributed by atoms with E-state index >= 15 is 0 Å². The average molecular weight is 685 g/mol. The fourth-order valence-electron chi connectivity index (χ4n) is 2.69. The molecule has 4 aromatic rings. The molecule has 0 fully saturated rings. The van der Waals surface area contributed by atoms with Gasteiger partial charge in [0.2, 0.25) is 0 Å². The SMILES string of the molecule is Cc1cc2oc(C)cc(=O)c2c(=O)o1.Cc1cc2oc(C)cc(=O)c2c(=O)o1.[Cu+2].[O-][Cl+3]([O-])([O-])[O-].[O-][Cl+3]([O-])([O-])[O-].[OH3+].[OH3+]. The second kappa shape index (κ2) is 17.1. The number of fused-ring (bicyclic) bond motifs is 2. The van der Waals surface area contributed by atoms with E-state index in [-0.39, 0.29) is 60.8 Å². The Bertz CT molecular complexity index is 1410. The maximum atomic E-state index is 11.4. The van der Waals surface area contributed by atoms with Crippen molar-refractivity contribution in [2.75, 3.05) is 0 Å². The molecule has 0 aliphatic rings. The van der Waals surface area contributed by atoms with E-state index in [4.69, 9.17) is 54.9 Å². The smallest absolute Gasteiger partial charge is 0.461 e. The molecule has 0 amide bonds. The second-order valence-electron chi connectivity index (χ2n) is 6.97. The number of halogens is 2. The van der Waals surface area contributed by atoms with Gasteiger partial charge in [-0.3, -0.25) is 9.59 Å². The molecule has 6 N–H and O–H groups in total. The standard InChI is InChI=1S/2C10H8O4.2ClHO4.Cu.2H2O/c2*1-5-3-7(11)9-8(13-5)4-6(2)14-10(9)12;2*2-1(3,4)5;;;/h2*3-4H,1-2H3;2*(H,2,3,4,5);;2*1H2/q;;;;+2;;. The number of hydrogen-bond acceptors (Lipinski definition) is 16. The Labute approximate surface area is 241 Å². The Morgan fingerprint density at radius 1 is 0.488 bits per heavy atom. The molecule has 0 saturated carbocycles. The zero-order valence-corrected chi connectivity index (χ0v) is 23.5. The van der Waals surface area contributed by atoms with Crippen LogP contribution in [0.1, 0.15) is 23.0 Å². The van der Waals surface area contributed by atoms with Crippen molar-refractivity contribution in [2.24, 2.45) is 0 Å². The molecule has 0 aliphatic carbocycles. The van der Waals surface area contributed by atoms with Crippen LogP contribution in [0.5, 0.6) is 0 Å². The summed E-state index contributed by atoms with van der Waals surface area (Å²) >= 11 is 0. The van der Waals surface area contributed by atoms with E-state index in [1.165, 1.54) is 24.3 Å². The average Bonchev–Trinajstić information content (AvgIpc) is 2.63. The molecule has 4 heterocycles. The van der Waals surface area contributed by atoms with E-state index in [2.05, 4.69) is 0 Å². The fraction of sp³-hybridized carbons (Fsp3) is 0.200. The van der Waals surface area contributed by atoms with E-state index in [1.807, 2.05) is 0 Å². The van der Waals surface area contributed by atoms with E-state index in [0.717, 1.165) is 0 Å². The molecule has 4 rings (SSSR count). The third kappa shape index (κ3) is 16.2. The minimum Gasteiger partial charge on any atom is -0.461 e. The summed E-state index contributed by atoms with van der Waals surface area (Å²) in [4.78, 5) is 45.4.